The number of aliphatic hydroxyl groups excluding tert-OH is 1. The molecule has 0 aliphatic heterocycles. The van der Waals surface area contributed by atoms with E-state index in [0.29, 0.717) is 5.92 Å². The molecule has 0 spiro atoms. The SMILES string of the molecule is CCCCC[C@@H](NC)[C@H](O)C(C)C. The van der Waals surface area contributed by atoms with Crippen molar-refractivity contribution in [3.05, 3.63) is 0 Å². The van der Waals surface area contributed by atoms with Gasteiger partial charge in [-0.2, -0.15) is 0 Å². The second kappa shape index (κ2) is 7.34. The highest BCUT2D eigenvalue weighted by Gasteiger charge is 2.19. The maximum absolute atomic E-state index is 9.82. The van der Waals surface area contributed by atoms with E-state index in [1.165, 1.54) is 19.3 Å². The van der Waals surface area contributed by atoms with Crippen LogP contribution in [0.4, 0.5) is 0 Å². The molecule has 0 amide bonds. The first kappa shape index (κ1) is 12.9. The summed E-state index contributed by atoms with van der Waals surface area (Å²) < 4.78 is 0. The van der Waals surface area contributed by atoms with Crippen LogP contribution in [0.5, 0.6) is 0 Å². The minimum atomic E-state index is -0.207. The Balaban J connectivity index is 3.73. The molecule has 0 saturated heterocycles. The summed E-state index contributed by atoms with van der Waals surface area (Å²) in [5.41, 5.74) is 0. The van der Waals surface area contributed by atoms with Crippen molar-refractivity contribution >= 4 is 0 Å². The first-order chi connectivity index (χ1) is 6.13. The highest BCUT2D eigenvalue weighted by molar-refractivity contribution is 4.76. The van der Waals surface area contributed by atoms with Gasteiger partial charge in [0.15, 0.2) is 0 Å². The number of aliphatic hydroxyl groups is 1. The third-order valence-corrected chi connectivity index (χ3v) is 2.58. The molecule has 2 heteroatoms. The first-order valence-corrected chi connectivity index (χ1v) is 5.48. The zero-order valence-corrected chi connectivity index (χ0v) is 9.51. The van der Waals surface area contributed by atoms with Gasteiger partial charge in [-0.3, -0.25) is 0 Å². The second-order valence-electron chi connectivity index (χ2n) is 4.13. The summed E-state index contributed by atoms with van der Waals surface area (Å²) in [4.78, 5) is 0. The van der Waals surface area contributed by atoms with Crippen LogP contribution < -0.4 is 5.32 Å². The van der Waals surface area contributed by atoms with Crippen LogP contribution in [-0.2, 0) is 0 Å². The molecule has 0 rings (SSSR count). The minimum Gasteiger partial charge on any atom is -0.391 e. The summed E-state index contributed by atoms with van der Waals surface area (Å²) >= 11 is 0. The Kier molecular flexibility index (Phi) is 7.29. The number of nitrogens with one attached hydrogen (secondary N) is 1. The summed E-state index contributed by atoms with van der Waals surface area (Å²) in [6.07, 6.45) is 4.61. The van der Waals surface area contributed by atoms with Gasteiger partial charge in [-0.05, 0) is 19.4 Å². The molecule has 0 fully saturated rings. The number of hydrogen-bond acceptors (Lipinski definition) is 2. The normalized spacial score (nSPS) is 16.2. The summed E-state index contributed by atoms with van der Waals surface area (Å²) in [5.74, 6) is 0.346. The molecule has 0 radical (unpaired) electrons. The van der Waals surface area contributed by atoms with Crippen molar-refractivity contribution in [1.82, 2.24) is 5.32 Å². The molecule has 0 saturated carbocycles. The van der Waals surface area contributed by atoms with Crippen LogP contribution in [0.3, 0.4) is 0 Å². The maximum Gasteiger partial charge on any atom is 0.0715 e. The van der Waals surface area contributed by atoms with Crippen LogP contribution >= 0.6 is 0 Å². The van der Waals surface area contributed by atoms with Crippen LogP contribution in [0.2, 0.25) is 0 Å². The Bertz CT molecular complexity index is 115. The van der Waals surface area contributed by atoms with Gasteiger partial charge in [-0.1, -0.05) is 40.0 Å². The van der Waals surface area contributed by atoms with E-state index in [0.717, 1.165) is 6.42 Å². The molecule has 80 valence electrons. The Morgan fingerprint density at radius 1 is 1.23 bits per heavy atom. The fraction of sp³-hybridized carbons (Fsp3) is 1.00. The number of hydrogen-bond donors (Lipinski definition) is 2. The molecule has 0 heterocycles. The highest BCUT2D eigenvalue weighted by atomic mass is 16.3. The zero-order valence-electron chi connectivity index (χ0n) is 9.51. The number of rotatable bonds is 7. The van der Waals surface area contributed by atoms with Crippen molar-refractivity contribution in [1.29, 1.82) is 0 Å². The fourth-order valence-corrected chi connectivity index (χ4v) is 1.56. The van der Waals surface area contributed by atoms with Gasteiger partial charge < -0.3 is 10.4 Å². The van der Waals surface area contributed by atoms with E-state index in [1.807, 2.05) is 7.05 Å². The third-order valence-electron chi connectivity index (χ3n) is 2.58. The van der Waals surface area contributed by atoms with Gasteiger partial charge >= 0.3 is 0 Å². The van der Waals surface area contributed by atoms with Crippen LogP contribution in [0.25, 0.3) is 0 Å². The van der Waals surface area contributed by atoms with Crippen LogP contribution in [0.15, 0.2) is 0 Å². The fourth-order valence-electron chi connectivity index (χ4n) is 1.56. The standard InChI is InChI=1S/C11H25NO/c1-5-6-7-8-10(12-4)11(13)9(2)3/h9-13H,5-8H2,1-4H3/t10-,11-/m1/s1. The van der Waals surface area contributed by atoms with Crippen molar-refractivity contribution in [2.75, 3.05) is 7.05 Å². The summed E-state index contributed by atoms with van der Waals surface area (Å²) in [5, 5.41) is 13.0. The average molecular weight is 187 g/mol. The zero-order chi connectivity index (χ0) is 10.3. The summed E-state index contributed by atoms with van der Waals surface area (Å²) in [7, 11) is 1.93. The number of unbranched alkanes of at least 4 members (excludes halogenated alkanes) is 2. The minimum absolute atomic E-state index is 0.207. The summed E-state index contributed by atoms with van der Waals surface area (Å²) in [6, 6.07) is 0.270. The molecule has 0 aromatic rings. The van der Waals surface area contributed by atoms with Gasteiger partial charge in [-0.15, -0.1) is 0 Å². The summed E-state index contributed by atoms with van der Waals surface area (Å²) in [6.45, 7) is 6.33. The molecule has 0 aliphatic carbocycles. The van der Waals surface area contributed by atoms with Crippen LogP contribution in [-0.4, -0.2) is 24.3 Å². The molecule has 0 unspecified atom stereocenters. The predicted molar refractivity (Wildman–Crippen MR) is 57.8 cm³/mol. The molecule has 2 N–H and O–H groups in total. The molecule has 0 aromatic heterocycles. The Morgan fingerprint density at radius 2 is 1.85 bits per heavy atom. The maximum atomic E-state index is 9.82. The first-order valence-electron chi connectivity index (χ1n) is 5.48. The topological polar surface area (TPSA) is 32.3 Å². The van der Waals surface area contributed by atoms with Gasteiger partial charge in [0.2, 0.25) is 0 Å². The van der Waals surface area contributed by atoms with E-state index in [1.54, 1.807) is 0 Å². The van der Waals surface area contributed by atoms with Crippen LogP contribution in [0, 0.1) is 5.92 Å². The monoisotopic (exact) mass is 187 g/mol. The Morgan fingerprint density at radius 3 is 2.23 bits per heavy atom. The van der Waals surface area contributed by atoms with Gasteiger partial charge in [0.05, 0.1) is 6.10 Å². The van der Waals surface area contributed by atoms with Gasteiger partial charge in [0, 0.05) is 6.04 Å². The lowest BCUT2D eigenvalue weighted by atomic mass is 9.95. The largest absolute Gasteiger partial charge is 0.391 e. The molecule has 2 nitrogen and oxygen atoms in total. The van der Waals surface area contributed by atoms with E-state index < -0.39 is 0 Å². The molecule has 13 heavy (non-hydrogen) atoms. The lowest BCUT2D eigenvalue weighted by Crippen LogP contribution is -2.40. The quantitative estimate of drug-likeness (QED) is 0.599. The van der Waals surface area contributed by atoms with E-state index >= 15 is 0 Å². The molecular formula is C11H25NO. The van der Waals surface area contributed by atoms with Gasteiger partial charge in [0.25, 0.3) is 0 Å². The molecule has 0 bridgehead atoms. The Hall–Kier alpha value is -0.0800. The van der Waals surface area contributed by atoms with Crippen molar-refractivity contribution in [2.24, 2.45) is 5.92 Å². The lowest BCUT2D eigenvalue weighted by Gasteiger charge is -2.25. The average Bonchev–Trinajstić information content (AvgIpc) is 2.11. The molecule has 2 atom stereocenters. The van der Waals surface area contributed by atoms with Gasteiger partial charge in [0.1, 0.15) is 0 Å². The van der Waals surface area contributed by atoms with E-state index in [4.69, 9.17) is 0 Å². The van der Waals surface area contributed by atoms with Crippen LogP contribution in [0.1, 0.15) is 46.5 Å². The van der Waals surface area contributed by atoms with Crippen molar-refractivity contribution in [3.63, 3.8) is 0 Å². The number of likely N-dealkylation sites (N-methyl/N-ethyl adjacent to an activating group) is 1. The smallest absolute Gasteiger partial charge is 0.0715 e. The Labute approximate surface area is 82.7 Å². The van der Waals surface area contributed by atoms with Crippen molar-refractivity contribution < 1.29 is 5.11 Å². The van der Waals surface area contributed by atoms with Gasteiger partial charge in [-0.25, -0.2) is 0 Å². The third kappa shape index (κ3) is 5.27. The lowest BCUT2D eigenvalue weighted by molar-refractivity contribution is 0.0817. The van der Waals surface area contributed by atoms with E-state index in [2.05, 4.69) is 26.1 Å². The molecular weight excluding hydrogens is 162 g/mol. The van der Waals surface area contributed by atoms with E-state index in [9.17, 15) is 5.11 Å². The van der Waals surface area contributed by atoms with Crippen molar-refractivity contribution in [2.45, 2.75) is 58.6 Å². The predicted octanol–water partition coefficient (Wildman–Crippen LogP) is 2.17. The van der Waals surface area contributed by atoms with E-state index in [-0.39, 0.29) is 12.1 Å². The molecule has 0 aromatic carbocycles. The van der Waals surface area contributed by atoms with Crippen molar-refractivity contribution in [3.8, 4) is 0 Å². The highest BCUT2D eigenvalue weighted by Crippen LogP contribution is 2.12. The molecule has 0 aliphatic rings. The second-order valence-corrected chi connectivity index (χ2v) is 4.13.